The van der Waals surface area contributed by atoms with Crippen LogP contribution in [0.25, 0.3) is 5.57 Å². The van der Waals surface area contributed by atoms with Crippen LogP contribution in [0.5, 0.6) is 0 Å². The van der Waals surface area contributed by atoms with Gasteiger partial charge in [0.05, 0.1) is 0 Å². The van der Waals surface area contributed by atoms with Crippen LogP contribution in [-0.4, -0.2) is 79.0 Å². The highest BCUT2D eigenvalue weighted by atomic mass is 16.2. The van der Waals surface area contributed by atoms with Crippen molar-refractivity contribution in [3.8, 4) is 0 Å². The number of amides is 3. The predicted molar refractivity (Wildman–Crippen MR) is 133 cm³/mol. The number of nitrogens with zero attached hydrogens (tertiary/aromatic N) is 3. The normalized spacial score (nSPS) is 20.6. The monoisotopic (exact) mass is 452 g/mol. The second kappa shape index (κ2) is 9.88. The molecule has 2 aliphatic heterocycles. The molecule has 3 aliphatic rings. The molecule has 0 atom stereocenters. The SMILES string of the molecule is CCC(CC)NC(=O)C1=CC2(CCN(C3CCN(C(=O)N(C)C)CC3)CC2)c2ccccc21. The number of fused-ring (bicyclic) bond motifs is 2. The van der Waals surface area contributed by atoms with Crippen LogP contribution in [0.2, 0.25) is 0 Å². The molecule has 0 aromatic heterocycles. The molecule has 0 radical (unpaired) electrons. The lowest BCUT2D eigenvalue weighted by Crippen LogP contribution is -2.52. The third-order valence-electron chi connectivity index (χ3n) is 8.06. The molecule has 33 heavy (non-hydrogen) atoms. The molecular formula is C27H40N4O2. The number of hydrogen-bond donors (Lipinski definition) is 1. The molecule has 2 heterocycles. The molecule has 1 spiro atoms. The summed E-state index contributed by atoms with van der Waals surface area (Å²) in [6.07, 6.45) is 8.37. The highest BCUT2D eigenvalue weighted by Crippen LogP contribution is 2.47. The minimum Gasteiger partial charge on any atom is -0.349 e. The van der Waals surface area contributed by atoms with Gasteiger partial charge in [0, 0.05) is 50.3 Å². The highest BCUT2D eigenvalue weighted by molar-refractivity contribution is 6.21. The van der Waals surface area contributed by atoms with Crippen molar-refractivity contribution in [3.63, 3.8) is 0 Å². The first-order valence-electron chi connectivity index (χ1n) is 12.7. The molecule has 1 aliphatic carbocycles. The van der Waals surface area contributed by atoms with Gasteiger partial charge in [-0.15, -0.1) is 0 Å². The second-order valence-electron chi connectivity index (χ2n) is 10.2. The molecule has 1 aromatic rings. The van der Waals surface area contributed by atoms with E-state index in [0.29, 0.717) is 6.04 Å². The molecule has 0 unspecified atom stereocenters. The number of allylic oxidation sites excluding steroid dienone is 1. The summed E-state index contributed by atoms with van der Waals surface area (Å²) in [5.41, 5.74) is 3.27. The van der Waals surface area contributed by atoms with E-state index in [9.17, 15) is 9.59 Å². The lowest BCUT2D eigenvalue weighted by atomic mass is 9.74. The van der Waals surface area contributed by atoms with Gasteiger partial charge < -0.3 is 20.0 Å². The van der Waals surface area contributed by atoms with Crippen molar-refractivity contribution in [1.29, 1.82) is 0 Å². The van der Waals surface area contributed by atoms with E-state index in [1.54, 1.807) is 4.90 Å². The van der Waals surface area contributed by atoms with Gasteiger partial charge in [-0.3, -0.25) is 4.79 Å². The molecule has 0 bridgehead atoms. The molecule has 2 saturated heterocycles. The van der Waals surface area contributed by atoms with Crippen LogP contribution < -0.4 is 5.32 Å². The van der Waals surface area contributed by atoms with Gasteiger partial charge in [-0.1, -0.05) is 44.2 Å². The maximum Gasteiger partial charge on any atom is 0.319 e. The molecule has 180 valence electrons. The molecule has 3 amide bonds. The van der Waals surface area contributed by atoms with Gasteiger partial charge in [-0.25, -0.2) is 4.79 Å². The molecule has 1 aromatic carbocycles. The molecular weight excluding hydrogens is 412 g/mol. The Kier molecular flexibility index (Phi) is 7.13. The fourth-order valence-electron chi connectivity index (χ4n) is 5.93. The molecule has 1 N–H and O–H groups in total. The topological polar surface area (TPSA) is 55.9 Å². The Balaban J connectivity index is 1.43. The van der Waals surface area contributed by atoms with Crippen molar-refractivity contribution in [2.75, 3.05) is 40.3 Å². The van der Waals surface area contributed by atoms with Gasteiger partial charge >= 0.3 is 6.03 Å². The van der Waals surface area contributed by atoms with Crippen LogP contribution >= 0.6 is 0 Å². The van der Waals surface area contributed by atoms with E-state index < -0.39 is 0 Å². The predicted octanol–water partition coefficient (Wildman–Crippen LogP) is 3.87. The first-order valence-corrected chi connectivity index (χ1v) is 12.7. The molecule has 6 nitrogen and oxygen atoms in total. The average Bonchev–Trinajstić information content (AvgIpc) is 3.16. The van der Waals surface area contributed by atoms with Crippen LogP contribution in [0.1, 0.15) is 63.5 Å². The second-order valence-corrected chi connectivity index (χ2v) is 10.2. The van der Waals surface area contributed by atoms with Crippen LogP contribution in [0, 0.1) is 0 Å². The minimum atomic E-state index is -0.0325. The molecule has 6 heteroatoms. The summed E-state index contributed by atoms with van der Waals surface area (Å²) < 4.78 is 0. The number of nitrogens with one attached hydrogen (secondary N) is 1. The summed E-state index contributed by atoms with van der Waals surface area (Å²) in [7, 11) is 3.65. The Morgan fingerprint density at radius 3 is 2.30 bits per heavy atom. The zero-order valence-electron chi connectivity index (χ0n) is 20.8. The summed E-state index contributed by atoms with van der Waals surface area (Å²) in [4.78, 5) is 31.7. The number of likely N-dealkylation sites (tertiary alicyclic amines) is 2. The lowest BCUT2D eigenvalue weighted by Gasteiger charge is -2.45. The smallest absolute Gasteiger partial charge is 0.319 e. The Hall–Kier alpha value is -2.34. The zero-order valence-corrected chi connectivity index (χ0v) is 20.8. The number of carbonyl (C=O) groups excluding carboxylic acids is 2. The van der Waals surface area contributed by atoms with Crippen LogP contribution in [0.3, 0.4) is 0 Å². The largest absolute Gasteiger partial charge is 0.349 e. The Morgan fingerprint density at radius 1 is 1.06 bits per heavy atom. The van der Waals surface area contributed by atoms with Crippen molar-refractivity contribution >= 4 is 17.5 Å². The van der Waals surface area contributed by atoms with E-state index in [1.807, 2.05) is 25.1 Å². The van der Waals surface area contributed by atoms with E-state index in [2.05, 4.69) is 48.3 Å². The van der Waals surface area contributed by atoms with Gasteiger partial charge in [0.25, 0.3) is 5.91 Å². The molecule has 4 rings (SSSR count). The Morgan fingerprint density at radius 2 is 1.70 bits per heavy atom. The van der Waals surface area contributed by atoms with Gasteiger partial charge in [-0.05, 0) is 62.7 Å². The van der Waals surface area contributed by atoms with Gasteiger partial charge in [-0.2, -0.15) is 0 Å². The van der Waals surface area contributed by atoms with Crippen LogP contribution in [0.15, 0.2) is 30.3 Å². The third-order valence-corrected chi connectivity index (χ3v) is 8.06. The zero-order chi connectivity index (χ0) is 23.6. The molecule has 0 saturated carbocycles. The van der Waals surface area contributed by atoms with Crippen molar-refractivity contribution in [3.05, 3.63) is 41.5 Å². The maximum atomic E-state index is 13.2. The lowest BCUT2D eigenvalue weighted by molar-refractivity contribution is -0.116. The maximum absolute atomic E-state index is 13.2. The summed E-state index contributed by atoms with van der Waals surface area (Å²) in [6, 6.07) is 9.41. The fourth-order valence-corrected chi connectivity index (χ4v) is 5.93. The van der Waals surface area contributed by atoms with Crippen molar-refractivity contribution < 1.29 is 9.59 Å². The van der Waals surface area contributed by atoms with Crippen molar-refractivity contribution in [1.82, 2.24) is 20.0 Å². The number of piperidine rings is 2. The van der Waals surface area contributed by atoms with E-state index in [1.165, 1.54) is 5.56 Å². The summed E-state index contributed by atoms with van der Waals surface area (Å²) in [6.45, 7) is 8.02. The Labute approximate surface area is 199 Å². The van der Waals surface area contributed by atoms with Gasteiger partial charge in [0.2, 0.25) is 0 Å². The quantitative estimate of drug-likeness (QED) is 0.738. The van der Waals surface area contributed by atoms with E-state index >= 15 is 0 Å². The average molecular weight is 453 g/mol. The Bertz CT molecular complexity index is 889. The van der Waals surface area contributed by atoms with Crippen LogP contribution in [0.4, 0.5) is 4.79 Å². The molecule has 2 fully saturated rings. The number of hydrogen-bond acceptors (Lipinski definition) is 3. The summed E-state index contributed by atoms with van der Waals surface area (Å²) >= 11 is 0. The first kappa shape index (κ1) is 23.8. The van der Waals surface area contributed by atoms with E-state index in [-0.39, 0.29) is 23.4 Å². The minimum absolute atomic E-state index is 0.0325. The standard InChI is InChI=1S/C27H40N4O2/c1-5-20(6-2)28-25(32)23-19-27(24-10-8-7-9-22(23)24)13-17-30(18-14-27)21-11-15-31(16-12-21)26(33)29(3)4/h7-10,19-21H,5-6,11-18H2,1-4H3,(H,28,32). The van der Waals surface area contributed by atoms with Crippen molar-refractivity contribution in [2.45, 2.75) is 69.9 Å². The number of urea groups is 1. The first-order chi connectivity index (χ1) is 15.9. The number of carbonyl (C=O) groups is 2. The summed E-state index contributed by atoms with van der Waals surface area (Å²) in [5.74, 6) is 0.0772. The van der Waals surface area contributed by atoms with E-state index in [0.717, 1.165) is 75.8 Å². The summed E-state index contributed by atoms with van der Waals surface area (Å²) in [5, 5.41) is 3.25. The number of rotatable bonds is 5. The van der Waals surface area contributed by atoms with Crippen molar-refractivity contribution in [2.24, 2.45) is 0 Å². The fraction of sp³-hybridized carbons (Fsp3) is 0.630. The number of benzene rings is 1. The van der Waals surface area contributed by atoms with Gasteiger partial charge in [0.15, 0.2) is 0 Å². The van der Waals surface area contributed by atoms with Gasteiger partial charge in [0.1, 0.15) is 0 Å². The highest BCUT2D eigenvalue weighted by Gasteiger charge is 2.43. The van der Waals surface area contributed by atoms with E-state index in [4.69, 9.17) is 0 Å². The van der Waals surface area contributed by atoms with Crippen LogP contribution in [-0.2, 0) is 10.2 Å². The third kappa shape index (κ3) is 4.68.